The summed E-state index contributed by atoms with van der Waals surface area (Å²) in [7, 11) is -3.97. The molecule has 104 valence electrons. The lowest BCUT2D eigenvalue weighted by atomic mass is 10.2. The summed E-state index contributed by atoms with van der Waals surface area (Å²) in [5, 5.41) is 17.7. The molecule has 0 aliphatic heterocycles. The number of nitriles is 2. The highest BCUT2D eigenvalue weighted by atomic mass is 32.2. The maximum absolute atomic E-state index is 13.0. The van der Waals surface area contributed by atoms with E-state index < -0.39 is 15.8 Å². The number of hydrogen-bond donors (Lipinski definition) is 1. The predicted molar refractivity (Wildman–Crippen MR) is 73.1 cm³/mol. The molecule has 5 nitrogen and oxygen atoms in total. The van der Waals surface area contributed by atoms with Gasteiger partial charge in [-0.25, -0.2) is 12.8 Å². The van der Waals surface area contributed by atoms with E-state index in [1.54, 1.807) is 6.07 Å². The van der Waals surface area contributed by atoms with Crippen LogP contribution in [-0.4, -0.2) is 8.42 Å². The molecule has 0 aliphatic rings. The van der Waals surface area contributed by atoms with Crippen LogP contribution >= 0.6 is 0 Å². The molecule has 0 atom stereocenters. The monoisotopic (exact) mass is 301 g/mol. The van der Waals surface area contributed by atoms with E-state index in [0.29, 0.717) is 0 Å². The minimum Gasteiger partial charge on any atom is -0.278 e. The van der Waals surface area contributed by atoms with Crippen molar-refractivity contribution in [3.05, 3.63) is 59.4 Å². The van der Waals surface area contributed by atoms with Gasteiger partial charge in [0.2, 0.25) is 0 Å². The first-order valence-corrected chi connectivity index (χ1v) is 7.17. The Kier molecular flexibility index (Phi) is 3.88. The number of rotatable bonds is 3. The van der Waals surface area contributed by atoms with Crippen molar-refractivity contribution in [1.29, 1.82) is 10.5 Å². The van der Waals surface area contributed by atoms with Crippen LogP contribution in [0.25, 0.3) is 0 Å². The molecule has 0 radical (unpaired) electrons. The minimum atomic E-state index is -3.97. The predicted octanol–water partition coefficient (Wildman–Crippen LogP) is 2.37. The number of hydrogen-bond acceptors (Lipinski definition) is 4. The molecule has 0 aromatic heterocycles. The number of nitrogens with zero attached hydrogens (tertiary/aromatic N) is 2. The fourth-order valence-electron chi connectivity index (χ4n) is 1.63. The van der Waals surface area contributed by atoms with E-state index in [9.17, 15) is 12.8 Å². The zero-order chi connectivity index (χ0) is 15.5. The van der Waals surface area contributed by atoms with Gasteiger partial charge in [-0.05, 0) is 36.4 Å². The fraction of sp³-hybridized carbons (Fsp3) is 0. The molecule has 0 bridgehead atoms. The second-order valence-corrected chi connectivity index (χ2v) is 5.73. The Balaban J connectivity index is 2.43. The number of anilines is 1. The molecule has 2 aromatic carbocycles. The van der Waals surface area contributed by atoms with Crippen LogP contribution in [0.15, 0.2) is 47.4 Å². The van der Waals surface area contributed by atoms with E-state index in [1.807, 2.05) is 6.07 Å². The highest BCUT2D eigenvalue weighted by Crippen LogP contribution is 2.21. The van der Waals surface area contributed by atoms with E-state index >= 15 is 0 Å². The molecular weight excluding hydrogens is 293 g/mol. The average Bonchev–Trinajstić information content (AvgIpc) is 2.49. The van der Waals surface area contributed by atoms with Crippen molar-refractivity contribution in [2.75, 3.05) is 4.72 Å². The molecule has 0 unspecified atom stereocenters. The molecule has 0 spiro atoms. The maximum atomic E-state index is 13.0. The SMILES string of the molecule is N#Cc1cccc(S(=O)(=O)Nc2ccc(F)cc2C#N)c1. The number of halogens is 1. The molecule has 1 N–H and O–H groups in total. The van der Waals surface area contributed by atoms with Gasteiger partial charge in [-0.1, -0.05) is 6.07 Å². The summed E-state index contributed by atoms with van der Waals surface area (Å²) < 4.78 is 39.6. The molecule has 21 heavy (non-hydrogen) atoms. The number of benzene rings is 2. The Hall–Kier alpha value is -2.90. The quantitative estimate of drug-likeness (QED) is 0.941. The van der Waals surface area contributed by atoms with E-state index in [0.717, 1.165) is 12.1 Å². The van der Waals surface area contributed by atoms with Gasteiger partial charge in [0, 0.05) is 0 Å². The van der Waals surface area contributed by atoms with Crippen LogP contribution in [0, 0.1) is 28.5 Å². The van der Waals surface area contributed by atoms with Crippen LogP contribution in [0.5, 0.6) is 0 Å². The fourth-order valence-corrected chi connectivity index (χ4v) is 2.76. The largest absolute Gasteiger partial charge is 0.278 e. The zero-order valence-electron chi connectivity index (χ0n) is 10.5. The van der Waals surface area contributed by atoms with E-state index in [2.05, 4.69) is 4.72 Å². The molecule has 0 saturated carbocycles. The van der Waals surface area contributed by atoms with Crippen LogP contribution in [0.1, 0.15) is 11.1 Å². The third kappa shape index (κ3) is 3.16. The van der Waals surface area contributed by atoms with Crippen LogP contribution in [0.3, 0.4) is 0 Å². The summed E-state index contributed by atoms with van der Waals surface area (Å²) in [5.74, 6) is -0.638. The molecule has 2 rings (SSSR count). The van der Waals surface area contributed by atoms with Gasteiger partial charge >= 0.3 is 0 Å². The first-order chi connectivity index (χ1) is 9.96. The molecule has 0 aliphatic carbocycles. The number of nitrogens with one attached hydrogen (secondary N) is 1. The summed E-state index contributed by atoms with van der Waals surface area (Å²) in [6.45, 7) is 0. The molecule has 0 saturated heterocycles. The van der Waals surface area contributed by atoms with Crippen molar-refractivity contribution in [2.45, 2.75) is 4.90 Å². The van der Waals surface area contributed by atoms with Gasteiger partial charge in [0.25, 0.3) is 10.0 Å². The lowest BCUT2D eigenvalue weighted by Crippen LogP contribution is -2.14. The highest BCUT2D eigenvalue weighted by molar-refractivity contribution is 7.92. The Morgan fingerprint density at radius 2 is 1.81 bits per heavy atom. The van der Waals surface area contributed by atoms with Gasteiger partial charge in [-0.15, -0.1) is 0 Å². The van der Waals surface area contributed by atoms with Crippen molar-refractivity contribution < 1.29 is 12.8 Å². The lowest BCUT2D eigenvalue weighted by Gasteiger charge is -2.09. The minimum absolute atomic E-state index is 0.0266. The highest BCUT2D eigenvalue weighted by Gasteiger charge is 2.16. The van der Waals surface area contributed by atoms with Gasteiger partial charge in [-0.2, -0.15) is 10.5 Å². The van der Waals surface area contributed by atoms with Crippen molar-refractivity contribution in [2.24, 2.45) is 0 Å². The van der Waals surface area contributed by atoms with Crippen LogP contribution < -0.4 is 4.72 Å². The van der Waals surface area contributed by atoms with Gasteiger partial charge in [-0.3, -0.25) is 4.72 Å². The summed E-state index contributed by atoms with van der Waals surface area (Å²) in [6, 6.07) is 12.1. The third-order valence-corrected chi connectivity index (χ3v) is 3.98. The summed E-state index contributed by atoms with van der Waals surface area (Å²) in [6.07, 6.45) is 0. The van der Waals surface area contributed by atoms with Crippen molar-refractivity contribution in [3.63, 3.8) is 0 Å². The summed E-state index contributed by atoms with van der Waals surface area (Å²) >= 11 is 0. The lowest BCUT2D eigenvalue weighted by molar-refractivity contribution is 0.601. The maximum Gasteiger partial charge on any atom is 0.261 e. The van der Waals surface area contributed by atoms with Gasteiger partial charge in [0.15, 0.2) is 0 Å². The zero-order valence-corrected chi connectivity index (χ0v) is 11.4. The molecule has 7 heteroatoms. The molecule has 0 amide bonds. The second kappa shape index (κ2) is 5.61. The Bertz CT molecular complexity index is 880. The Labute approximate surface area is 120 Å². The smallest absolute Gasteiger partial charge is 0.261 e. The Morgan fingerprint density at radius 3 is 2.48 bits per heavy atom. The first kappa shape index (κ1) is 14.5. The second-order valence-electron chi connectivity index (χ2n) is 4.05. The first-order valence-electron chi connectivity index (χ1n) is 5.69. The number of sulfonamides is 1. The molecule has 2 aromatic rings. The third-order valence-electron chi connectivity index (χ3n) is 2.62. The van der Waals surface area contributed by atoms with Crippen molar-refractivity contribution in [3.8, 4) is 12.1 Å². The summed E-state index contributed by atoms with van der Waals surface area (Å²) in [5.41, 5.74) is 0.0359. The van der Waals surface area contributed by atoms with E-state index in [1.165, 1.54) is 30.3 Å². The Morgan fingerprint density at radius 1 is 1.05 bits per heavy atom. The topological polar surface area (TPSA) is 93.8 Å². The van der Waals surface area contributed by atoms with E-state index in [-0.39, 0.29) is 21.7 Å². The van der Waals surface area contributed by atoms with Gasteiger partial charge < -0.3 is 0 Å². The standard InChI is InChI=1S/C14H8FN3O2S/c15-12-4-5-14(11(7-12)9-17)18-21(19,20)13-3-1-2-10(6-13)8-16/h1-7,18H. The van der Waals surface area contributed by atoms with Crippen molar-refractivity contribution in [1.82, 2.24) is 0 Å². The van der Waals surface area contributed by atoms with Gasteiger partial charge in [0.05, 0.1) is 27.8 Å². The van der Waals surface area contributed by atoms with Crippen LogP contribution in [0.2, 0.25) is 0 Å². The molecule has 0 fully saturated rings. The summed E-state index contributed by atoms with van der Waals surface area (Å²) in [4.78, 5) is -0.116. The van der Waals surface area contributed by atoms with Crippen molar-refractivity contribution >= 4 is 15.7 Å². The molecular formula is C14H8FN3O2S. The normalized spacial score (nSPS) is 10.4. The van der Waals surface area contributed by atoms with Crippen LogP contribution in [-0.2, 0) is 10.0 Å². The average molecular weight is 301 g/mol. The molecule has 0 heterocycles. The van der Waals surface area contributed by atoms with Crippen LogP contribution in [0.4, 0.5) is 10.1 Å². The van der Waals surface area contributed by atoms with E-state index in [4.69, 9.17) is 10.5 Å². The van der Waals surface area contributed by atoms with Gasteiger partial charge in [0.1, 0.15) is 11.9 Å².